The smallest absolute Gasteiger partial charge is 0.291 e. The molecule has 0 heterocycles. The number of hydrogen-bond acceptors (Lipinski definition) is 5. The zero-order chi connectivity index (χ0) is 24.4. The number of benzene rings is 1. The average Bonchev–Trinajstić information content (AvgIpc) is 2.76. The van der Waals surface area contributed by atoms with E-state index >= 15 is 0 Å². The van der Waals surface area contributed by atoms with Crippen LogP contribution in [0.2, 0.25) is 0 Å². The molecule has 3 amide bonds. The molecule has 1 saturated carbocycles. The molecule has 0 saturated heterocycles. The van der Waals surface area contributed by atoms with Crippen LogP contribution in [0.15, 0.2) is 30.3 Å². The van der Waals surface area contributed by atoms with E-state index in [1.807, 2.05) is 0 Å². The fourth-order valence-electron chi connectivity index (χ4n) is 3.79. The number of halogens is 2. The quantitative estimate of drug-likeness (QED) is 0.311. The van der Waals surface area contributed by atoms with Gasteiger partial charge in [0, 0.05) is 6.42 Å². The van der Waals surface area contributed by atoms with E-state index in [4.69, 9.17) is 17.3 Å². The molecule has 0 aliphatic heterocycles. The van der Waals surface area contributed by atoms with Gasteiger partial charge in [0.15, 0.2) is 0 Å². The van der Waals surface area contributed by atoms with Crippen molar-refractivity contribution >= 4 is 39.3 Å². The largest absolute Gasteiger partial charge is 0.370 e. The van der Waals surface area contributed by atoms with E-state index in [0.29, 0.717) is 10.6 Å². The van der Waals surface area contributed by atoms with Gasteiger partial charge in [-0.05, 0) is 17.9 Å². The number of nitrogens with two attached hydrogens (primary N) is 1. The lowest BCUT2D eigenvalue weighted by molar-refractivity contribution is -0.144. The van der Waals surface area contributed by atoms with Crippen molar-refractivity contribution in [3.8, 4) is 0 Å². The highest BCUT2D eigenvalue weighted by atomic mass is 35.5. The van der Waals surface area contributed by atoms with E-state index in [1.165, 1.54) is 0 Å². The maximum absolute atomic E-state index is 13.4. The highest BCUT2D eigenvalue weighted by Crippen LogP contribution is 2.27. The van der Waals surface area contributed by atoms with Gasteiger partial charge < -0.3 is 5.73 Å². The Morgan fingerprint density at radius 3 is 2.36 bits per heavy atom. The number of hydrazine groups is 1. The van der Waals surface area contributed by atoms with Crippen LogP contribution in [0, 0.1) is 5.92 Å². The number of hydrogen-bond donors (Lipinski definition) is 3. The Morgan fingerprint density at radius 2 is 1.79 bits per heavy atom. The summed E-state index contributed by atoms with van der Waals surface area (Å²) in [6.07, 6.45) is 4.62. The van der Waals surface area contributed by atoms with Crippen molar-refractivity contribution in [3.05, 3.63) is 35.9 Å². The first-order valence-corrected chi connectivity index (χ1v) is 12.9. The van der Waals surface area contributed by atoms with Gasteiger partial charge in [0.05, 0.1) is 12.3 Å². The monoisotopic (exact) mass is 504 g/mol. The Morgan fingerprint density at radius 1 is 1.15 bits per heavy atom. The molecule has 33 heavy (non-hydrogen) atoms. The minimum absolute atomic E-state index is 0.116. The number of nitrogens with one attached hydrogen (secondary N) is 2. The standard InChI is InChI=1S/C21H30ClFN4O5S/c22-19(23)21(30)27(12-11-18(24)28)25-20(29)17(13-15-7-3-1-4-8-15)26-33(31,32)14-16-9-5-2-6-10-16/h2,5-6,9-10,15,17,19,26H,1,3-4,7-8,11-14H2,(H2,24,28)(H,25,29). The molecular weight excluding hydrogens is 475 g/mol. The molecule has 2 unspecified atom stereocenters. The summed E-state index contributed by atoms with van der Waals surface area (Å²) in [7, 11) is -3.92. The summed E-state index contributed by atoms with van der Waals surface area (Å²) >= 11 is 5.22. The summed E-state index contributed by atoms with van der Waals surface area (Å²) in [5, 5.41) is 0.560. The van der Waals surface area contributed by atoms with Gasteiger partial charge in [-0.15, -0.1) is 0 Å². The summed E-state index contributed by atoms with van der Waals surface area (Å²) in [5.41, 5.74) is 5.39. The van der Waals surface area contributed by atoms with E-state index in [1.54, 1.807) is 30.3 Å². The highest BCUT2D eigenvalue weighted by Gasteiger charge is 2.31. The van der Waals surface area contributed by atoms with Crippen molar-refractivity contribution in [2.45, 2.75) is 62.4 Å². The van der Waals surface area contributed by atoms with Gasteiger partial charge in [-0.3, -0.25) is 19.8 Å². The van der Waals surface area contributed by atoms with Crippen LogP contribution < -0.4 is 15.9 Å². The molecule has 4 N–H and O–H groups in total. The van der Waals surface area contributed by atoms with Crippen molar-refractivity contribution in [3.63, 3.8) is 0 Å². The second-order valence-electron chi connectivity index (χ2n) is 8.14. The molecule has 184 valence electrons. The number of amides is 3. The first-order chi connectivity index (χ1) is 15.6. The maximum Gasteiger partial charge on any atom is 0.291 e. The molecule has 2 atom stereocenters. The molecule has 0 bridgehead atoms. The van der Waals surface area contributed by atoms with Gasteiger partial charge in [-0.1, -0.05) is 74.0 Å². The third kappa shape index (κ3) is 9.65. The Kier molecular flexibility index (Phi) is 10.5. The van der Waals surface area contributed by atoms with Crippen LogP contribution in [0.25, 0.3) is 0 Å². The van der Waals surface area contributed by atoms with E-state index in [-0.39, 0.29) is 24.5 Å². The van der Waals surface area contributed by atoms with Crippen LogP contribution in [0.4, 0.5) is 4.39 Å². The summed E-state index contributed by atoms with van der Waals surface area (Å²) in [5.74, 6) is -3.11. The van der Waals surface area contributed by atoms with Gasteiger partial charge in [0.1, 0.15) is 6.04 Å². The summed E-state index contributed by atoms with van der Waals surface area (Å²) < 4.78 is 41.4. The van der Waals surface area contributed by atoms with Crippen LogP contribution in [0.3, 0.4) is 0 Å². The van der Waals surface area contributed by atoms with Crippen LogP contribution in [0.1, 0.15) is 50.5 Å². The third-order valence-electron chi connectivity index (χ3n) is 5.41. The number of carbonyl (C=O) groups excluding carboxylic acids is 3. The van der Waals surface area contributed by atoms with Gasteiger partial charge >= 0.3 is 0 Å². The molecule has 0 radical (unpaired) electrons. The average molecular weight is 505 g/mol. The molecular formula is C21H30ClFN4O5S. The van der Waals surface area contributed by atoms with E-state index in [0.717, 1.165) is 32.1 Å². The lowest BCUT2D eigenvalue weighted by Crippen LogP contribution is -2.56. The SMILES string of the molecule is NC(=O)CCN(NC(=O)C(CC1CCCCC1)NS(=O)(=O)Cc1ccccc1)C(=O)C(F)Cl. The molecule has 2 rings (SSSR count). The first kappa shape index (κ1) is 27.0. The topological polar surface area (TPSA) is 139 Å². The summed E-state index contributed by atoms with van der Waals surface area (Å²) in [6, 6.07) is 7.29. The Hall–Kier alpha value is -2.24. The molecule has 1 aromatic carbocycles. The van der Waals surface area contributed by atoms with E-state index in [2.05, 4.69) is 10.1 Å². The highest BCUT2D eigenvalue weighted by molar-refractivity contribution is 7.88. The zero-order valence-corrected chi connectivity index (χ0v) is 19.8. The number of nitrogens with zero attached hydrogens (tertiary/aromatic N) is 1. The van der Waals surface area contributed by atoms with Crippen molar-refractivity contribution in [1.82, 2.24) is 15.2 Å². The Bertz CT molecular complexity index is 910. The van der Waals surface area contributed by atoms with Gasteiger partial charge in [0.2, 0.25) is 15.9 Å². The van der Waals surface area contributed by atoms with E-state index < -0.39 is 46.0 Å². The molecule has 1 fully saturated rings. The van der Waals surface area contributed by atoms with Gasteiger partial charge in [-0.2, -0.15) is 0 Å². The lowest BCUT2D eigenvalue weighted by Gasteiger charge is -2.29. The minimum atomic E-state index is -3.92. The Labute approximate surface area is 198 Å². The molecule has 0 aromatic heterocycles. The lowest BCUT2D eigenvalue weighted by atomic mass is 9.85. The second kappa shape index (κ2) is 12.9. The predicted molar refractivity (Wildman–Crippen MR) is 122 cm³/mol. The number of rotatable bonds is 11. The number of sulfonamides is 1. The van der Waals surface area contributed by atoms with Crippen LogP contribution in [-0.4, -0.2) is 49.4 Å². The molecule has 12 heteroatoms. The number of alkyl halides is 2. The second-order valence-corrected chi connectivity index (χ2v) is 10.3. The summed E-state index contributed by atoms with van der Waals surface area (Å²) in [4.78, 5) is 36.2. The maximum atomic E-state index is 13.4. The Balaban J connectivity index is 2.18. The molecule has 1 aromatic rings. The van der Waals surface area contributed by atoms with Crippen molar-refractivity contribution < 1.29 is 27.2 Å². The molecule has 9 nitrogen and oxygen atoms in total. The van der Waals surface area contributed by atoms with Crippen LogP contribution >= 0.6 is 11.6 Å². The molecule has 1 aliphatic carbocycles. The van der Waals surface area contributed by atoms with Crippen LogP contribution in [0.5, 0.6) is 0 Å². The molecule has 1 aliphatic rings. The fourth-order valence-corrected chi connectivity index (χ4v) is 5.26. The predicted octanol–water partition coefficient (Wildman–Crippen LogP) is 1.71. The number of carbonyl (C=O) groups is 3. The number of primary amides is 1. The van der Waals surface area contributed by atoms with Crippen molar-refractivity contribution in [1.29, 1.82) is 0 Å². The first-order valence-electron chi connectivity index (χ1n) is 10.8. The van der Waals surface area contributed by atoms with Crippen LogP contribution in [-0.2, 0) is 30.2 Å². The van der Waals surface area contributed by atoms with Crippen molar-refractivity contribution in [2.24, 2.45) is 11.7 Å². The minimum Gasteiger partial charge on any atom is -0.370 e. The zero-order valence-electron chi connectivity index (χ0n) is 18.2. The molecule has 0 spiro atoms. The van der Waals surface area contributed by atoms with Crippen molar-refractivity contribution in [2.75, 3.05) is 6.54 Å². The third-order valence-corrected chi connectivity index (χ3v) is 6.95. The normalized spacial score (nSPS) is 16.5. The van der Waals surface area contributed by atoms with Gasteiger partial charge in [0.25, 0.3) is 17.4 Å². The van der Waals surface area contributed by atoms with Gasteiger partial charge in [-0.25, -0.2) is 22.5 Å². The fraction of sp³-hybridized carbons (Fsp3) is 0.571. The summed E-state index contributed by atoms with van der Waals surface area (Å²) in [6.45, 7) is -0.403. The van der Waals surface area contributed by atoms with E-state index in [9.17, 15) is 27.2 Å².